The number of rotatable bonds is 6. The van der Waals surface area contributed by atoms with Crippen molar-refractivity contribution in [3.05, 3.63) is 105 Å². The van der Waals surface area contributed by atoms with Crippen molar-refractivity contribution in [3.63, 3.8) is 0 Å². The minimum absolute atomic E-state index is 0.00467. The summed E-state index contributed by atoms with van der Waals surface area (Å²) in [6.45, 7) is 4.21. The number of hydrogen-bond donors (Lipinski definition) is 2. The molecule has 0 aliphatic carbocycles. The number of ether oxygens (including phenoxy) is 1. The maximum atomic E-state index is 13.1. The minimum atomic E-state index is -0.511. The van der Waals surface area contributed by atoms with Crippen molar-refractivity contribution in [2.24, 2.45) is 14.1 Å². The molecule has 3 amide bonds. The van der Waals surface area contributed by atoms with Gasteiger partial charge in [-0.3, -0.25) is 34.5 Å². The van der Waals surface area contributed by atoms with Gasteiger partial charge in [0.05, 0.1) is 58.1 Å². The summed E-state index contributed by atoms with van der Waals surface area (Å²) in [6.07, 6.45) is 9.40. The quantitative estimate of drug-likeness (QED) is 0.176. The highest BCUT2D eigenvalue weighted by Gasteiger charge is 2.31. The van der Waals surface area contributed by atoms with Gasteiger partial charge in [0.1, 0.15) is 5.69 Å². The first-order valence-electron chi connectivity index (χ1n) is 20.0. The van der Waals surface area contributed by atoms with Crippen molar-refractivity contribution >= 4 is 50.9 Å². The summed E-state index contributed by atoms with van der Waals surface area (Å²) in [5, 5.41) is 7.05. The Balaban J connectivity index is 0.908. The van der Waals surface area contributed by atoms with Gasteiger partial charge in [0, 0.05) is 74.6 Å². The van der Waals surface area contributed by atoms with E-state index in [1.165, 1.54) is 5.56 Å². The van der Waals surface area contributed by atoms with Gasteiger partial charge in [-0.15, -0.1) is 0 Å². The molecule has 2 N–H and O–H groups in total. The molecule has 14 heteroatoms. The molecule has 2 saturated heterocycles. The van der Waals surface area contributed by atoms with E-state index in [-0.39, 0.29) is 41.9 Å². The number of aryl methyl sites for hydroxylation is 4. The summed E-state index contributed by atoms with van der Waals surface area (Å²) in [5.74, 6) is 5.53. The van der Waals surface area contributed by atoms with E-state index in [0.29, 0.717) is 40.7 Å². The maximum Gasteiger partial charge on any atom is 0.270 e. The number of nitrogens with zero attached hydrogens (tertiary/aromatic N) is 7. The monoisotopic (exact) mass is 789 g/mol. The Kier molecular flexibility index (Phi) is 9.98. The van der Waals surface area contributed by atoms with E-state index >= 15 is 0 Å². The van der Waals surface area contributed by atoms with Gasteiger partial charge in [-0.05, 0) is 98.9 Å². The molecule has 14 nitrogen and oxygen atoms in total. The molecule has 298 valence electrons. The molecule has 2 fully saturated rings. The van der Waals surface area contributed by atoms with E-state index in [4.69, 9.17) is 14.7 Å². The number of anilines is 2. The van der Waals surface area contributed by atoms with E-state index in [9.17, 15) is 19.2 Å². The average Bonchev–Trinajstić information content (AvgIpc) is 3.59. The SMILES string of the molecule is Cc1cc2c(N3CCCc4nc(-c5ccc(C(=O)NCC#Cc6cc7c(C8CCC(=O)NC8=O)nccc7n6C)nc5)ncc43)cc(C3CCOCC3)cc2n(C)c1=O. The summed E-state index contributed by atoms with van der Waals surface area (Å²) in [5.41, 5.74) is 8.88. The molecule has 0 spiro atoms. The summed E-state index contributed by atoms with van der Waals surface area (Å²) in [4.78, 5) is 71.4. The normalized spacial score (nSPS) is 17.1. The minimum Gasteiger partial charge on any atom is -0.381 e. The number of carbonyl (C=O) groups excluding carboxylic acids is 3. The molecule has 3 aliphatic rings. The molecule has 9 rings (SSSR count). The molecule has 1 atom stereocenters. The van der Waals surface area contributed by atoms with Crippen molar-refractivity contribution in [1.29, 1.82) is 0 Å². The number of benzene rings is 1. The number of fused-ring (bicyclic) bond motifs is 3. The number of nitrogens with one attached hydrogen (secondary N) is 2. The Bertz CT molecular complexity index is 2810. The van der Waals surface area contributed by atoms with Crippen LogP contribution in [0, 0.1) is 18.8 Å². The van der Waals surface area contributed by atoms with Crippen molar-refractivity contribution in [3.8, 4) is 23.2 Å². The zero-order chi connectivity index (χ0) is 40.8. The molecule has 3 aliphatic heterocycles. The smallest absolute Gasteiger partial charge is 0.270 e. The van der Waals surface area contributed by atoms with Crippen molar-refractivity contribution in [1.82, 2.24) is 39.7 Å². The molecule has 59 heavy (non-hydrogen) atoms. The zero-order valence-electron chi connectivity index (χ0n) is 33.2. The van der Waals surface area contributed by atoms with E-state index in [0.717, 1.165) is 84.3 Å². The van der Waals surface area contributed by atoms with Crippen molar-refractivity contribution in [2.45, 2.75) is 57.3 Å². The first-order chi connectivity index (χ1) is 28.6. The number of hydrogen-bond acceptors (Lipinski definition) is 10. The molecule has 0 saturated carbocycles. The molecule has 8 heterocycles. The molecule has 1 aromatic carbocycles. The van der Waals surface area contributed by atoms with Crippen LogP contribution in [0.4, 0.5) is 11.4 Å². The molecular weight excluding hydrogens is 747 g/mol. The fourth-order valence-corrected chi connectivity index (χ4v) is 8.59. The number of aromatic nitrogens is 6. The standard InChI is InChI=1S/C45H43N9O5/c1-26-20-32-37(53(3)45(26)58)21-29(27-13-18-59-19-14-27)22-38(32)54-17-5-7-34-39(54)25-49-42(50-34)28-8-10-35(48-24-28)44(57)47-15-4-6-30-23-33-36(52(30)2)12-16-46-41(33)31-9-11-40(55)51-43(31)56/h8,10,12,16,20-25,27,31H,5,7,9,11,13-15,17-19H2,1-3H3,(H,47,57)(H,51,55,56). The number of piperidine rings is 1. The molecule has 6 aromatic rings. The van der Waals surface area contributed by atoms with E-state index in [1.807, 2.05) is 50.0 Å². The number of imide groups is 1. The largest absolute Gasteiger partial charge is 0.381 e. The van der Waals surface area contributed by atoms with E-state index in [1.54, 1.807) is 29.1 Å². The van der Waals surface area contributed by atoms with Gasteiger partial charge in [-0.2, -0.15) is 0 Å². The van der Waals surface area contributed by atoms with Gasteiger partial charge < -0.3 is 24.1 Å². The Labute approximate surface area is 340 Å². The highest BCUT2D eigenvalue weighted by atomic mass is 16.5. The van der Waals surface area contributed by atoms with Crippen LogP contribution < -0.4 is 21.1 Å². The lowest BCUT2D eigenvalue weighted by atomic mass is 9.89. The first kappa shape index (κ1) is 37.8. The third-order valence-electron chi connectivity index (χ3n) is 11.8. The predicted octanol–water partition coefficient (Wildman–Crippen LogP) is 4.87. The van der Waals surface area contributed by atoms with Gasteiger partial charge in [0.25, 0.3) is 11.5 Å². The Morgan fingerprint density at radius 2 is 1.76 bits per heavy atom. The van der Waals surface area contributed by atoms with Crippen LogP contribution in [0.2, 0.25) is 0 Å². The summed E-state index contributed by atoms with van der Waals surface area (Å²) in [6, 6.07) is 13.7. The number of pyridine rings is 3. The second-order valence-corrected chi connectivity index (χ2v) is 15.5. The van der Waals surface area contributed by atoms with Crippen LogP contribution in [-0.4, -0.2) is 73.1 Å². The lowest BCUT2D eigenvalue weighted by Gasteiger charge is -2.33. The highest BCUT2D eigenvalue weighted by molar-refractivity contribution is 6.02. The Morgan fingerprint density at radius 3 is 2.56 bits per heavy atom. The summed E-state index contributed by atoms with van der Waals surface area (Å²) < 4.78 is 9.34. The summed E-state index contributed by atoms with van der Waals surface area (Å²) >= 11 is 0. The van der Waals surface area contributed by atoms with Gasteiger partial charge in [-0.1, -0.05) is 5.92 Å². The van der Waals surface area contributed by atoms with Gasteiger partial charge in [0.15, 0.2) is 5.82 Å². The lowest BCUT2D eigenvalue weighted by molar-refractivity contribution is -0.134. The van der Waals surface area contributed by atoms with Gasteiger partial charge >= 0.3 is 0 Å². The van der Waals surface area contributed by atoms with Crippen LogP contribution in [0.25, 0.3) is 33.2 Å². The third-order valence-corrected chi connectivity index (χ3v) is 11.8. The topological polar surface area (TPSA) is 166 Å². The van der Waals surface area contributed by atoms with Crippen LogP contribution in [0.1, 0.15) is 82.6 Å². The van der Waals surface area contributed by atoms with E-state index < -0.39 is 5.92 Å². The van der Waals surface area contributed by atoms with Crippen LogP contribution >= 0.6 is 0 Å². The maximum absolute atomic E-state index is 13.1. The second-order valence-electron chi connectivity index (χ2n) is 15.5. The van der Waals surface area contributed by atoms with Crippen LogP contribution in [-0.2, 0) is 34.8 Å². The second kappa shape index (κ2) is 15.6. The number of carbonyl (C=O) groups is 3. The highest BCUT2D eigenvalue weighted by Crippen LogP contribution is 2.40. The Hall–Kier alpha value is -6.72. The fraction of sp³-hybridized carbons (Fsp3) is 0.333. The molecule has 1 unspecified atom stereocenters. The molecule has 0 radical (unpaired) electrons. The number of amides is 3. The summed E-state index contributed by atoms with van der Waals surface area (Å²) in [7, 11) is 3.73. The van der Waals surface area contributed by atoms with Crippen molar-refractivity contribution in [2.75, 3.05) is 31.2 Å². The van der Waals surface area contributed by atoms with Gasteiger partial charge in [-0.25, -0.2) is 9.97 Å². The average molecular weight is 790 g/mol. The van der Waals surface area contributed by atoms with Crippen LogP contribution in [0.3, 0.4) is 0 Å². The van der Waals surface area contributed by atoms with Crippen molar-refractivity contribution < 1.29 is 19.1 Å². The molecule has 0 bridgehead atoms. The fourth-order valence-electron chi connectivity index (χ4n) is 8.59. The third kappa shape index (κ3) is 7.12. The van der Waals surface area contributed by atoms with E-state index in [2.05, 4.69) is 49.5 Å². The lowest BCUT2D eigenvalue weighted by Crippen LogP contribution is -2.39. The zero-order valence-corrected chi connectivity index (χ0v) is 33.2. The van der Waals surface area contributed by atoms with Gasteiger partial charge in [0.2, 0.25) is 11.8 Å². The molecular formula is C45H43N9O5. The molecule has 5 aromatic heterocycles. The Morgan fingerprint density at radius 1 is 0.915 bits per heavy atom. The first-order valence-corrected chi connectivity index (χ1v) is 20.0. The van der Waals surface area contributed by atoms with Crippen LogP contribution in [0.15, 0.2) is 65.8 Å². The van der Waals surface area contributed by atoms with Crippen LogP contribution in [0.5, 0.6) is 0 Å². The predicted molar refractivity (Wildman–Crippen MR) is 222 cm³/mol.